The molecule has 0 amide bonds. The summed E-state index contributed by atoms with van der Waals surface area (Å²) < 4.78 is 9.90. The van der Waals surface area contributed by atoms with Crippen LogP contribution in [0, 0.1) is 12.1 Å². The highest BCUT2D eigenvalue weighted by Gasteiger charge is 2.12. The molecule has 15 heavy (non-hydrogen) atoms. The summed E-state index contributed by atoms with van der Waals surface area (Å²) in [6, 6.07) is 0. The van der Waals surface area contributed by atoms with Gasteiger partial charge in [-0.1, -0.05) is 4.85 Å². The number of methoxy groups -OCH3 is 1. The Morgan fingerprint density at radius 2 is 2.40 bits per heavy atom. The molecule has 0 atom stereocenters. The lowest BCUT2D eigenvalue weighted by Gasteiger charge is -2.04. The van der Waals surface area contributed by atoms with Crippen molar-refractivity contribution in [3.63, 3.8) is 0 Å². The molecule has 1 aromatic heterocycles. The summed E-state index contributed by atoms with van der Waals surface area (Å²) in [5.41, 5.74) is 1.17. The van der Waals surface area contributed by atoms with Crippen LogP contribution in [-0.4, -0.2) is 25.2 Å². The van der Waals surface area contributed by atoms with E-state index in [0.29, 0.717) is 22.7 Å². The van der Waals surface area contributed by atoms with Crippen LogP contribution in [-0.2, 0) is 4.74 Å². The van der Waals surface area contributed by atoms with Gasteiger partial charge < -0.3 is 14.7 Å². The summed E-state index contributed by atoms with van der Waals surface area (Å²) in [6.45, 7) is 4.13. The summed E-state index contributed by atoms with van der Waals surface area (Å²) in [5.74, 6) is 0.181. The fourth-order valence-electron chi connectivity index (χ4n) is 1.02. The minimum Gasteiger partial charge on any atom is -0.594 e. The van der Waals surface area contributed by atoms with Crippen molar-refractivity contribution in [1.82, 2.24) is 5.10 Å². The van der Waals surface area contributed by atoms with Crippen molar-refractivity contribution in [2.75, 3.05) is 13.7 Å². The second-order valence-electron chi connectivity index (χ2n) is 2.76. The molecule has 0 saturated carbocycles. The first-order valence-electron chi connectivity index (χ1n) is 4.48. The number of rotatable bonds is 4. The summed E-state index contributed by atoms with van der Waals surface area (Å²) >= 11 is 0. The highest BCUT2D eigenvalue weighted by Crippen LogP contribution is 2.26. The zero-order valence-corrected chi connectivity index (χ0v) is 8.93. The Labute approximate surface area is 87.7 Å². The van der Waals surface area contributed by atoms with Crippen LogP contribution < -0.4 is 9.58 Å². The molecule has 82 valence electrons. The molecule has 0 N–H and O–H groups in total. The number of aliphatic imine (C=N–C) groups is 1. The average Bonchev–Trinajstić information content (AvgIpc) is 2.20. The summed E-state index contributed by atoms with van der Waals surface area (Å²) in [4.78, 5) is 4.46. The van der Waals surface area contributed by atoms with Gasteiger partial charge in [-0.25, -0.2) is 4.99 Å². The fourth-order valence-corrected chi connectivity index (χ4v) is 1.02. The Bertz CT molecular complexity index is 366. The van der Waals surface area contributed by atoms with E-state index in [2.05, 4.69) is 10.1 Å². The molecule has 0 aliphatic carbocycles. The van der Waals surface area contributed by atoms with Gasteiger partial charge in [-0.3, -0.25) is 0 Å². The van der Waals surface area contributed by atoms with Crippen LogP contribution in [0.3, 0.4) is 0 Å². The van der Waals surface area contributed by atoms with Crippen LogP contribution in [0.4, 0.5) is 5.69 Å². The van der Waals surface area contributed by atoms with Gasteiger partial charge in [0.1, 0.15) is 5.69 Å². The molecule has 1 rings (SSSR count). The zero-order chi connectivity index (χ0) is 11.3. The lowest BCUT2D eigenvalue weighted by Crippen LogP contribution is -2.31. The van der Waals surface area contributed by atoms with Crippen molar-refractivity contribution in [2.24, 2.45) is 4.99 Å². The van der Waals surface area contributed by atoms with E-state index in [1.807, 2.05) is 6.92 Å². The second kappa shape index (κ2) is 5.14. The SMILES string of the molecule is CCOC=Nc1c(C)c[n+]([O-])nc1OC. The Kier molecular flexibility index (Phi) is 3.84. The van der Waals surface area contributed by atoms with Crippen LogP contribution in [0.25, 0.3) is 0 Å². The molecule has 0 fully saturated rings. The highest BCUT2D eigenvalue weighted by atomic mass is 16.5. The van der Waals surface area contributed by atoms with Crippen LogP contribution in [0.5, 0.6) is 5.88 Å². The molecule has 0 saturated heterocycles. The van der Waals surface area contributed by atoms with Crippen molar-refractivity contribution >= 4 is 12.1 Å². The maximum Gasteiger partial charge on any atom is 0.306 e. The van der Waals surface area contributed by atoms with Gasteiger partial charge in [-0.15, -0.1) is 0 Å². The van der Waals surface area contributed by atoms with Crippen molar-refractivity contribution in [3.8, 4) is 5.88 Å². The first-order valence-corrected chi connectivity index (χ1v) is 4.48. The monoisotopic (exact) mass is 211 g/mol. The Hall–Kier alpha value is -1.85. The van der Waals surface area contributed by atoms with Gasteiger partial charge >= 0.3 is 5.88 Å². The average molecular weight is 211 g/mol. The number of aromatic nitrogens is 2. The molecule has 0 radical (unpaired) electrons. The van der Waals surface area contributed by atoms with E-state index in [1.165, 1.54) is 19.7 Å². The summed E-state index contributed by atoms with van der Waals surface area (Å²) in [5, 5.41) is 14.6. The molecule has 1 aromatic rings. The molecular formula is C9H13N3O3. The van der Waals surface area contributed by atoms with E-state index in [0.717, 1.165) is 0 Å². The summed E-state index contributed by atoms with van der Waals surface area (Å²) in [6.07, 6.45) is 2.63. The summed E-state index contributed by atoms with van der Waals surface area (Å²) in [7, 11) is 1.43. The smallest absolute Gasteiger partial charge is 0.306 e. The fraction of sp³-hybridized carbons (Fsp3) is 0.444. The molecule has 6 heteroatoms. The van der Waals surface area contributed by atoms with E-state index in [9.17, 15) is 5.21 Å². The van der Waals surface area contributed by atoms with Crippen LogP contribution in [0.15, 0.2) is 11.2 Å². The number of hydrogen-bond acceptors (Lipinski definition) is 5. The van der Waals surface area contributed by atoms with Crippen LogP contribution >= 0.6 is 0 Å². The number of ether oxygens (including phenoxy) is 2. The molecule has 0 aliphatic heterocycles. The molecule has 0 aromatic carbocycles. The Morgan fingerprint density at radius 3 is 3.00 bits per heavy atom. The van der Waals surface area contributed by atoms with Gasteiger partial charge in [0, 0.05) is 5.56 Å². The lowest BCUT2D eigenvalue weighted by atomic mass is 10.3. The molecule has 0 bridgehead atoms. The Morgan fingerprint density at radius 1 is 1.67 bits per heavy atom. The van der Waals surface area contributed by atoms with E-state index in [4.69, 9.17) is 9.47 Å². The second-order valence-corrected chi connectivity index (χ2v) is 2.76. The first-order chi connectivity index (χ1) is 7.19. The van der Waals surface area contributed by atoms with E-state index in [-0.39, 0.29) is 5.88 Å². The topological polar surface area (TPSA) is 70.7 Å². The predicted octanol–water partition coefficient (Wildman–Crippen LogP) is 0.728. The Balaban J connectivity index is 3.04. The zero-order valence-electron chi connectivity index (χ0n) is 8.93. The molecule has 0 unspecified atom stereocenters. The van der Waals surface area contributed by atoms with Crippen LogP contribution in [0.2, 0.25) is 0 Å². The van der Waals surface area contributed by atoms with Crippen LogP contribution in [0.1, 0.15) is 12.5 Å². The molecule has 1 heterocycles. The molecular weight excluding hydrogens is 198 g/mol. The normalized spacial score (nSPS) is 10.6. The van der Waals surface area contributed by atoms with Crippen molar-refractivity contribution < 1.29 is 14.3 Å². The third-order valence-electron chi connectivity index (χ3n) is 1.69. The van der Waals surface area contributed by atoms with Gasteiger partial charge in [0.05, 0.1) is 18.8 Å². The first kappa shape index (κ1) is 11.2. The van der Waals surface area contributed by atoms with Gasteiger partial charge in [0.15, 0.2) is 6.40 Å². The minimum absolute atomic E-state index is 0.181. The van der Waals surface area contributed by atoms with Gasteiger partial charge in [0.25, 0.3) is 0 Å². The third kappa shape index (κ3) is 2.80. The minimum atomic E-state index is 0.181. The maximum atomic E-state index is 11.0. The molecule has 0 spiro atoms. The number of nitrogens with zero attached hydrogens (tertiary/aromatic N) is 3. The van der Waals surface area contributed by atoms with Gasteiger partial charge in [-0.2, -0.15) is 0 Å². The van der Waals surface area contributed by atoms with Crippen molar-refractivity contribution in [3.05, 3.63) is 17.0 Å². The standard InChI is InChI=1S/C9H13N3O3/c1-4-15-6-10-8-7(2)5-12(13)11-9(8)14-3/h5-6H,4H2,1-3H3. The molecule has 6 nitrogen and oxygen atoms in total. The quantitative estimate of drug-likeness (QED) is 0.318. The van der Waals surface area contributed by atoms with Gasteiger partial charge in [-0.05, 0) is 13.8 Å². The number of aryl methyl sites for hydroxylation is 1. The van der Waals surface area contributed by atoms with E-state index < -0.39 is 0 Å². The lowest BCUT2D eigenvalue weighted by molar-refractivity contribution is -0.669. The third-order valence-corrected chi connectivity index (χ3v) is 1.69. The largest absolute Gasteiger partial charge is 0.594 e. The van der Waals surface area contributed by atoms with Crippen molar-refractivity contribution in [2.45, 2.75) is 13.8 Å². The highest BCUT2D eigenvalue weighted by molar-refractivity contribution is 5.61. The molecule has 0 aliphatic rings. The van der Waals surface area contributed by atoms with E-state index in [1.54, 1.807) is 6.92 Å². The van der Waals surface area contributed by atoms with E-state index >= 15 is 0 Å². The maximum absolute atomic E-state index is 11.0. The predicted molar refractivity (Wildman–Crippen MR) is 54.3 cm³/mol. The van der Waals surface area contributed by atoms with Gasteiger partial charge in [0.2, 0.25) is 6.20 Å². The number of hydrogen-bond donors (Lipinski definition) is 0. The van der Waals surface area contributed by atoms with Crippen molar-refractivity contribution in [1.29, 1.82) is 0 Å².